The number of hydrogen-bond donors (Lipinski definition) is 1. The number of hydrogen-bond acceptors (Lipinski definition) is 5. The van der Waals surface area contributed by atoms with Crippen molar-refractivity contribution in [2.45, 2.75) is 6.36 Å². The predicted molar refractivity (Wildman–Crippen MR) is 71.8 cm³/mol. The Morgan fingerprint density at radius 2 is 1.83 bits per heavy atom. The summed E-state index contributed by atoms with van der Waals surface area (Å²) >= 11 is 0. The summed E-state index contributed by atoms with van der Waals surface area (Å²) < 4.78 is 72.8. The number of halogens is 3. The van der Waals surface area contributed by atoms with Gasteiger partial charge in [0.1, 0.15) is 11.4 Å². The van der Waals surface area contributed by atoms with E-state index in [9.17, 15) is 26.4 Å². The van der Waals surface area contributed by atoms with Crippen LogP contribution in [0.25, 0.3) is 0 Å². The molecule has 0 aromatic heterocycles. The first-order valence-corrected chi connectivity index (χ1v) is 7.32. The van der Waals surface area contributed by atoms with Gasteiger partial charge >= 0.3 is 22.5 Å². The van der Waals surface area contributed by atoms with E-state index < -0.39 is 28.3 Å². The zero-order valence-corrected chi connectivity index (χ0v) is 12.2. The van der Waals surface area contributed by atoms with Crippen molar-refractivity contribution in [2.75, 3.05) is 7.11 Å². The van der Waals surface area contributed by atoms with Crippen molar-refractivity contribution in [1.29, 1.82) is 0 Å². The molecule has 0 saturated heterocycles. The second-order valence-corrected chi connectivity index (χ2v) is 5.51. The largest absolute Gasteiger partial charge is 0.573 e. The number of nitrogens with zero attached hydrogens (tertiary/aromatic N) is 1. The van der Waals surface area contributed by atoms with Crippen molar-refractivity contribution in [1.82, 2.24) is 4.72 Å². The molecule has 1 heterocycles. The Balaban J connectivity index is 2.34. The Labute approximate surface area is 128 Å². The summed E-state index contributed by atoms with van der Waals surface area (Å²) in [5.74, 6) is -1.41. The lowest BCUT2D eigenvalue weighted by Crippen LogP contribution is -2.31. The third kappa shape index (κ3) is 4.45. The molecular formula is C12H9F3N2O5S. The van der Waals surface area contributed by atoms with E-state index in [0.29, 0.717) is 0 Å². The number of methoxy groups -OCH3 is 1. The van der Waals surface area contributed by atoms with E-state index in [2.05, 4.69) is 13.9 Å². The topological polar surface area (TPSA) is 94.1 Å². The lowest BCUT2D eigenvalue weighted by Gasteiger charge is -2.14. The molecular weight excluding hydrogens is 341 g/mol. The molecule has 0 amide bonds. The minimum absolute atomic E-state index is 0.136. The smallest absolute Gasteiger partial charge is 0.464 e. The first-order valence-electron chi connectivity index (χ1n) is 5.88. The number of nitrogens with one attached hydrogen (secondary N) is 1. The molecule has 0 fully saturated rings. The van der Waals surface area contributed by atoms with Crippen LogP contribution in [0.4, 0.5) is 13.2 Å². The minimum Gasteiger partial charge on any atom is -0.464 e. The maximum Gasteiger partial charge on any atom is 0.573 e. The lowest BCUT2D eigenvalue weighted by molar-refractivity contribution is -0.274. The number of benzene rings is 1. The van der Waals surface area contributed by atoms with Gasteiger partial charge in [-0.3, -0.25) is 4.72 Å². The van der Waals surface area contributed by atoms with E-state index in [1.807, 2.05) is 4.72 Å². The van der Waals surface area contributed by atoms with Gasteiger partial charge in [-0.1, -0.05) is 0 Å². The third-order valence-corrected chi connectivity index (χ3v) is 3.44. The maximum atomic E-state index is 12.1. The number of alkyl halides is 3. The summed E-state index contributed by atoms with van der Waals surface area (Å²) in [5.41, 5.74) is -0.332. The second-order valence-electron chi connectivity index (χ2n) is 4.18. The number of ether oxygens (including phenoxy) is 2. The van der Waals surface area contributed by atoms with Gasteiger partial charge < -0.3 is 9.47 Å². The molecule has 2 rings (SSSR count). The van der Waals surface area contributed by atoms with Crippen molar-refractivity contribution in [2.24, 2.45) is 4.40 Å². The number of carbonyl (C=O) groups excluding carboxylic acids is 1. The van der Waals surface area contributed by atoms with Crippen LogP contribution in [-0.4, -0.2) is 33.6 Å². The Hall–Kier alpha value is -2.56. The van der Waals surface area contributed by atoms with E-state index in [-0.39, 0.29) is 17.0 Å². The number of esters is 1. The summed E-state index contributed by atoms with van der Waals surface area (Å²) in [6.45, 7) is 0. The normalized spacial score (nSPS) is 16.7. The van der Waals surface area contributed by atoms with Gasteiger partial charge in [-0.2, -0.15) is 8.42 Å². The SMILES string of the molecule is COC(=O)C1=CC(c2ccc(OC(F)(F)F)cc2)=NS(=O)(=O)N1. The zero-order valence-electron chi connectivity index (χ0n) is 11.4. The monoisotopic (exact) mass is 350 g/mol. The lowest BCUT2D eigenvalue weighted by atomic mass is 10.1. The van der Waals surface area contributed by atoms with Crippen LogP contribution in [-0.2, 0) is 19.7 Å². The van der Waals surface area contributed by atoms with Gasteiger partial charge in [0.2, 0.25) is 0 Å². The Morgan fingerprint density at radius 3 is 2.35 bits per heavy atom. The molecule has 7 nitrogen and oxygen atoms in total. The molecule has 1 aliphatic heterocycles. The van der Waals surface area contributed by atoms with Crippen LogP contribution in [0.3, 0.4) is 0 Å². The molecule has 23 heavy (non-hydrogen) atoms. The van der Waals surface area contributed by atoms with E-state index in [1.54, 1.807) is 0 Å². The highest BCUT2D eigenvalue weighted by molar-refractivity contribution is 7.88. The van der Waals surface area contributed by atoms with Gasteiger partial charge in [-0.15, -0.1) is 17.6 Å². The van der Waals surface area contributed by atoms with Crippen molar-refractivity contribution in [3.05, 3.63) is 41.6 Å². The maximum absolute atomic E-state index is 12.1. The highest BCUT2D eigenvalue weighted by atomic mass is 32.2. The zero-order chi connectivity index (χ0) is 17.3. The van der Waals surface area contributed by atoms with Gasteiger partial charge in [0, 0.05) is 5.56 Å². The van der Waals surface area contributed by atoms with E-state index >= 15 is 0 Å². The van der Waals surface area contributed by atoms with Gasteiger partial charge in [0.25, 0.3) is 0 Å². The molecule has 1 N–H and O–H groups in total. The van der Waals surface area contributed by atoms with Crippen molar-refractivity contribution >= 4 is 21.9 Å². The molecule has 0 bridgehead atoms. The quantitative estimate of drug-likeness (QED) is 0.829. The minimum atomic E-state index is -4.84. The molecule has 0 atom stereocenters. The van der Waals surface area contributed by atoms with Crippen molar-refractivity contribution < 1.29 is 35.9 Å². The summed E-state index contributed by atoms with van der Waals surface area (Å²) in [6.07, 6.45) is -3.73. The van der Waals surface area contributed by atoms with Crippen LogP contribution in [0.5, 0.6) is 5.75 Å². The fraction of sp³-hybridized carbons (Fsp3) is 0.167. The number of rotatable bonds is 3. The van der Waals surface area contributed by atoms with Gasteiger partial charge in [-0.25, -0.2) is 4.79 Å². The molecule has 11 heteroatoms. The van der Waals surface area contributed by atoms with Crippen molar-refractivity contribution in [3.8, 4) is 5.75 Å². The molecule has 1 aromatic carbocycles. The first kappa shape index (κ1) is 16.8. The van der Waals surface area contributed by atoms with Crippen LogP contribution < -0.4 is 9.46 Å². The molecule has 0 aliphatic carbocycles. The Kier molecular flexibility index (Phi) is 4.32. The molecule has 0 unspecified atom stereocenters. The third-order valence-electron chi connectivity index (χ3n) is 2.53. The van der Waals surface area contributed by atoms with Gasteiger partial charge in [0.05, 0.1) is 12.8 Å². The fourth-order valence-corrected chi connectivity index (χ4v) is 2.54. The first-order chi connectivity index (χ1) is 10.6. The van der Waals surface area contributed by atoms with Crippen LogP contribution in [0, 0.1) is 0 Å². The molecule has 0 saturated carbocycles. The fourth-order valence-electron chi connectivity index (χ4n) is 1.66. The molecule has 1 aliphatic rings. The number of carbonyl (C=O) groups is 1. The summed E-state index contributed by atoms with van der Waals surface area (Å²) in [6, 6.07) is 4.33. The van der Waals surface area contributed by atoms with E-state index in [1.165, 1.54) is 12.1 Å². The summed E-state index contributed by atoms with van der Waals surface area (Å²) in [7, 11) is -3.10. The molecule has 1 aromatic rings. The molecule has 0 radical (unpaired) electrons. The molecule has 0 spiro atoms. The van der Waals surface area contributed by atoms with E-state index in [4.69, 9.17) is 0 Å². The summed E-state index contributed by atoms with van der Waals surface area (Å²) in [4.78, 5) is 11.4. The van der Waals surface area contributed by atoms with Gasteiger partial charge in [0.15, 0.2) is 0 Å². The highest BCUT2D eigenvalue weighted by Gasteiger charge is 2.31. The van der Waals surface area contributed by atoms with Crippen LogP contribution in [0.15, 0.2) is 40.4 Å². The highest BCUT2D eigenvalue weighted by Crippen LogP contribution is 2.23. The van der Waals surface area contributed by atoms with Gasteiger partial charge in [-0.05, 0) is 30.3 Å². The Morgan fingerprint density at radius 1 is 1.22 bits per heavy atom. The average Bonchev–Trinajstić information content (AvgIpc) is 2.43. The number of allylic oxidation sites excluding steroid dienone is 1. The molecule has 124 valence electrons. The van der Waals surface area contributed by atoms with Crippen LogP contribution in [0.2, 0.25) is 0 Å². The second kappa shape index (κ2) is 5.91. The predicted octanol–water partition coefficient (Wildman–Crippen LogP) is 1.28. The van der Waals surface area contributed by atoms with E-state index in [0.717, 1.165) is 25.3 Å². The standard InChI is InChI=1S/C12H9F3N2O5S/c1-21-11(18)10-6-9(16-23(19,20)17-10)7-2-4-8(5-3-7)22-12(13,14)15/h2-6,17H,1H3. The average molecular weight is 350 g/mol. The Bertz CT molecular complexity index is 782. The summed E-state index contributed by atoms with van der Waals surface area (Å²) in [5, 5.41) is 0. The van der Waals surface area contributed by atoms with Crippen LogP contribution >= 0.6 is 0 Å². The van der Waals surface area contributed by atoms with Crippen LogP contribution in [0.1, 0.15) is 5.56 Å². The van der Waals surface area contributed by atoms with Crippen molar-refractivity contribution in [3.63, 3.8) is 0 Å².